The average molecular weight is 275 g/mol. The van der Waals surface area contributed by atoms with Crippen LogP contribution in [0.5, 0.6) is 5.88 Å². The highest BCUT2D eigenvalue weighted by Gasteiger charge is 2.11. The van der Waals surface area contributed by atoms with E-state index >= 15 is 0 Å². The van der Waals surface area contributed by atoms with E-state index in [0.717, 1.165) is 30.0 Å². The number of nitrogens with zero attached hydrogens (tertiary/aromatic N) is 2. The Bertz CT molecular complexity index is 526. The van der Waals surface area contributed by atoms with Crippen molar-refractivity contribution < 1.29 is 9.15 Å². The van der Waals surface area contributed by atoms with E-state index in [1.165, 1.54) is 6.33 Å². The van der Waals surface area contributed by atoms with Gasteiger partial charge in [-0.2, -0.15) is 0 Å². The van der Waals surface area contributed by atoms with Gasteiger partial charge in [-0.3, -0.25) is 0 Å². The molecule has 5 heteroatoms. The van der Waals surface area contributed by atoms with E-state index in [1.807, 2.05) is 26.0 Å². The third-order valence-corrected chi connectivity index (χ3v) is 3.11. The van der Waals surface area contributed by atoms with Gasteiger partial charge < -0.3 is 14.5 Å². The number of ether oxygens (including phenoxy) is 1. The van der Waals surface area contributed by atoms with Gasteiger partial charge in [0.25, 0.3) is 0 Å². The first kappa shape index (κ1) is 14.4. The molecule has 0 saturated heterocycles. The highest BCUT2D eigenvalue weighted by molar-refractivity contribution is 5.48. The molecule has 5 nitrogen and oxygen atoms in total. The lowest BCUT2D eigenvalue weighted by atomic mass is 10.1. The van der Waals surface area contributed by atoms with Gasteiger partial charge in [0.15, 0.2) is 0 Å². The molecule has 0 saturated carbocycles. The van der Waals surface area contributed by atoms with Gasteiger partial charge in [0.1, 0.15) is 17.9 Å². The Kier molecular flexibility index (Phi) is 4.98. The molecule has 0 aliphatic heterocycles. The molecule has 0 spiro atoms. The van der Waals surface area contributed by atoms with Crippen molar-refractivity contribution >= 4 is 5.82 Å². The number of hydrogen-bond acceptors (Lipinski definition) is 5. The minimum Gasteiger partial charge on any atom is -0.478 e. The molecule has 0 fully saturated rings. The average Bonchev–Trinajstić information content (AvgIpc) is 2.94. The van der Waals surface area contributed by atoms with Crippen molar-refractivity contribution in [3.05, 3.63) is 36.0 Å². The lowest BCUT2D eigenvalue weighted by Gasteiger charge is -2.16. The van der Waals surface area contributed by atoms with Crippen molar-refractivity contribution in [2.24, 2.45) is 0 Å². The molecular formula is C15H21N3O2. The largest absolute Gasteiger partial charge is 0.478 e. The second kappa shape index (κ2) is 6.93. The van der Waals surface area contributed by atoms with Gasteiger partial charge in [-0.25, -0.2) is 9.97 Å². The van der Waals surface area contributed by atoms with Gasteiger partial charge in [0.05, 0.1) is 18.4 Å². The zero-order valence-electron chi connectivity index (χ0n) is 12.2. The summed E-state index contributed by atoms with van der Waals surface area (Å²) >= 11 is 0. The first-order valence-corrected chi connectivity index (χ1v) is 6.94. The third kappa shape index (κ3) is 3.73. The number of hydrogen-bond donors (Lipinski definition) is 1. The van der Waals surface area contributed by atoms with E-state index < -0.39 is 0 Å². The van der Waals surface area contributed by atoms with Crippen LogP contribution in [0.2, 0.25) is 0 Å². The first-order chi connectivity index (χ1) is 9.70. The molecule has 0 radical (unpaired) electrons. The summed E-state index contributed by atoms with van der Waals surface area (Å²) in [6.45, 7) is 6.64. The fraction of sp³-hybridized carbons (Fsp3) is 0.467. The maximum Gasteiger partial charge on any atom is 0.221 e. The molecule has 1 atom stereocenters. The summed E-state index contributed by atoms with van der Waals surface area (Å²) < 4.78 is 10.8. The van der Waals surface area contributed by atoms with Crippen LogP contribution < -0.4 is 10.1 Å². The molecule has 0 amide bonds. The zero-order valence-corrected chi connectivity index (χ0v) is 12.2. The van der Waals surface area contributed by atoms with Crippen LogP contribution in [0.25, 0.3) is 0 Å². The summed E-state index contributed by atoms with van der Waals surface area (Å²) in [6, 6.07) is 4.20. The molecular weight excluding hydrogens is 254 g/mol. The highest BCUT2D eigenvalue weighted by atomic mass is 16.5. The summed E-state index contributed by atoms with van der Waals surface area (Å²) in [7, 11) is 0. The van der Waals surface area contributed by atoms with Crippen molar-refractivity contribution in [3.63, 3.8) is 0 Å². The van der Waals surface area contributed by atoms with E-state index in [2.05, 4.69) is 22.2 Å². The van der Waals surface area contributed by atoms with Crippen LogP contribution in [0.1, 0.15) is 31.6 Å². The second-order valence-corrected chi connectivity index (χ2v) is 4.75. The summed E-state index contributed by atoms with van der Waals surface area (Å²) in [5.74, 6) is 2.48. The molecule has 2 rings (SSSR count). The normalized spacial score (nSPS) is 12.2. The number of aromatic nitrogens is 2. The van der Waals surface area contributed by atoms with E-state index in [4.69, 9.17) is 9.15 Å². The smallest absolute Gasteiger partial charge is 0.221 e. The fourth-order valence-corrected chi connectivity index (χ4v) is 1.98. The Labute approximate surface area is 119 Å². The number of rotatable bonds is 7. The number of furan rings is 1. The predicted molar refractivity (Wildman–Crippen MR) is 78.1 cm³/mol. The van der Waals surface area contributed by atoms with Crippen molar-refractivity contribution in [1.29, 1.82) is 0 Å². The maximum atomic E-state index is 5.47. The van der Waals surface area contributed by atoms with Crippen LogP contribution in [0.3, 0.4) is 0 Å². The van der Waals surface area contributed by atoms with Crippen LogP contribution in [0.15, 0.2) is 29.1 Å². The van der Waals surface area contributed by atoms with Crippen LogP contribution in [-0.2, 0) is 6.42 Å². The van der Waals surface area contributed by atoms with Gasteiger partial charge in [-0.1, -0.05) is 0 Å². The summed E-state index contributed by atoms with van der Waals surface area (Å²) in [5, 5.41) is 3.40. The lowest BCUT2D eigenvalue weighted by molar-refractivity contribution is 0.324. The Balaban J connectivity index is 1.93. The van der Waals surface area contributed by atoms with Gasteiger partial charge in [0.2, 0.25) is 5.88 Å². The Hall–Kier alpha value is -2.04. The van der Waals surface area contributed by atoms with Crippen molar-refractivity contribution in [3.8, 4) is 5.88 Å². The number of anilines is 1. The van der Waals surface area contributed by atoms with Gasteiger partial charge in [0, 0.05) is 12.5 Å². The maximum absolute atomic E-state index is 5.47. The van der Waals surface area contributed by atoms with E-state index in [1.54, 1.807) is 6.26 Å². The molecule has 2 heterocycles. The number of nitrogens with one attached hydrogen (secondary N) is 1. The molecule has 2 aromatic heterocycles. The third-order valence-electron chi connectivity index (χ3n) is 3.11. The fourth-order valence-electron chi connectivity index (χ4n) is 1.98. The Morgan fingerprint density at radius 1 is 1.40 bits per heavy atom. The van der Waals surface area contributed by atoms with E-state index in [0.29, 0.717) is 18.5 Å². The standard InChI is InChI=1S/C15H21N3O2/c1-4-19-15-12(3)14(16-10-17-15)18-11(2)7-8-13-6-5-9-20-13/h5-6,9-11H,4,7-8H2,1-3H3,(H,16,17,18). The van der Waals surface area contributed by atoms with Crippen molar-refractivity contribution in [2.45, 2.75) is 39.7 Å². The molecule has 1 N–H and O–H groups in total. The molecule has 0 aromatic carbocycles. The van der Waals surface area contributed by atoms with Crippen LogP contribution >= 0.6 is 0 Å². The van der Waals surface area contributed by atoms with Gasteiger partial charge >= 0.3 is 0 Å². The molecule has 0 aliphatic carbocycles. The highest BCUT2D eigenvalue weighted by Crippen LogP contribution is 2.21. The molecule has 1 unspecified atom stereocenters. The van der Waals surface area contributed by atoms with Crippen LogP contribution in [0, 0.1) is 6.92 Å². The van der Waals surface area contributed by atoms with Crippen LogP contribution in [0.4, 0.5) is 5.82 Å². The molecule has 0 bridgehead atoms. The van der Waals surface area contributed by atoms with Crippen LogP contribution in [-0.4, -0.2) is 22.6 Å². The Morgan fingerprint density at radius 2 is 2.25 bits per heavy atom. The first-order valence-electron chi connectivity index (χ1n) is 6.94. The van der Waals surface area contributed by atoms with Crippen molar-refractivity contribution in [2.75, 3.05) is 11.9 Å². The second-order valence-electron chi connectivity index (χ2n) is 4.75. The predicted octanol–water partition coefficient (Wildman–Crippen LogP) is 3.21. The quantitative estimate of drug-likeness (QED) is 0.840. The summed E-state index contributed by atoms with van der Waals surface area (Å²) in [5.41, 5.74) is 0.944. The summed E-state index contributed by atoms with van der Waals surface area (Å²) in [6.07, 6.45) is 5.11. The minimum absolute atomic E-state index is 0.295. The van der Waals surface area contributed by atoms with Gasteiger partial charge in [-0.05, 0) is 39.3 Å². The van der Waals surface area contributed by atoms with E-state index in [-0.39, 0.29) is 0 Å². The Morgan fingerprint density at radius 3 is 2.95 bits per heavy atom. The summed E-state index contributed by atoms with van der Waals surface area (Å²) in [4.78, 5) is 8.41. The topological polar surface area (TPSA) is 60.2 Å². The lowest BCUT2D eigenvalue weighted by Crippen LogP contribution is -2.18. The molecule has 20 heavy (non-hydrogen) atoms. The van der Waals surface area contributed by atoms with Gasteiger partial charge in [-0.15, -0.1) is 0 Å². The number of aryl methyl sites for hydroxylation is 1. The zero-order chi connectivity index (χ0) is 14.4. The van der Waals surface area contributed by atoms with Crippen molar-refractivity contribution in [1.82, 2.24) is 9.97 Å². The molecule has 108 valence electrons. The minimum atomic E-state index is 0.295. The monoisotopic (exact) mass is 275 g/mol. The molecule has 0 aliphatic rings. The molecule has 2 aromatic rings. The SMILES string of the molecule is CCOc1ncnc(NC(C)CCc2ccco2)c1C. The van der Waals surface area contributed by atoms with E-state index in [9.17, 15) is 0 Å².